The van der Waals surface area contributed by atoms with Crippen LogP contribution < -0.4 is 5.32 Å². The number of carbonyl (C=O) groups excluding carboxylic acids is 1. The minimum atomic E-state index is -0.989. The van der Waals surface area contributed by atoms with Crippen LogP contribution in [-0.4, -0.2) is 35.2 Å². The summed E-state index contributed by atoms with van der Waals surface area (Å²) in [7, 11) is 0. The van der Waals surface area contributed by atoms with Crippen LogP contribution in [0.15, 0.2) is 0 Å². The molecular weight excluding hydrogens is 198 g/mol. The highest BCUT2D eigenvalue weighted by Crippen LogP contribution is 2.09. The van der Waals surface area contributed by atoms with E-state index in [2.05, 4.69) is 5.32 Å². The van der Waals surface area contributed by atoms with E-state index >= 15 is 0 Å². The first-order valence-corrected chi connectivity index (χ1v) is 4.94. The van der Waals surface area contributed by atoms with E-state index in [1.54, 1.807) is 27.7 Å². The van der Waals surface area contributed by atoms with Gasteiger partial charge in [0.25, 0.3) is 0 Å². The summed E-state index contributed by atoms with van der Waals surface area (Å²) in [6.07, 6.45) is 0.502. The van der Waals surface area contributed by atoms with Gasteiger partial charge in [0.1, 0.15) is 11.6 Å². The van der Waals surface area contributed by atoms with Crippen molar-refractivity contribution in [2.75, 3.05) is 6.54 Å². The van der Waals surface area contributed by atoms with E-state index in [4.69, 9.17) is 9.84 Å². The van der Waals surface area contributed by atoms with Gasteiger partial charge in [-0.2, -0.15) is 0 Å². The first-order valence-electron chi connectivity index (χ1n) is 4.94. The Labute approximate surface area is 89.8 Å². The van der Waals surface area contributed by atoms with Gasteiger partial charge < -0.3 is 9.84 Å². The molecule has 0 fully saturated rings. The maximum atomic E-state index is 11.5. The van der Waals surface area contributed by atoms with Gasteiger partial charge in [0.05, 0.1) is 6.54 Å². The topological polar surface area (TPSA) is 75.6 Å². The maximum absolute atomic E-state index is 11.5. The molecule has 1 atom stereocenters. The van der Waals surface area contributed by atoms with Gasteiger partial charge in [-0.3, -0.25) is 14.9 Å². The normalized spacial score (nSPS) is 13.3. The summed E-state index contributed by atoms with van der Waals surface area (Å²) in [6.45, 7) is 6.87. The van der Waals surface area contributed by atoms with Gasteiger partial charge in [0, 0.05) is 0 Å². The summed E-state index contributed by atoms with van der Waals surface area (Å²) in [5.41, 5.74) is -0.546. The molecule has 0 aliphatic carbocycles. The van der Waals surface area contributed by atoms with E-state index in [9.17, 15) is 9.59 Å². The number of carboxylic acids is 1. The molecule has 0 unspecified atom stereocenters. The summed E-state index contributed by atoms with van der Waals surface area (Å²) < 4.78 is 5.13. The van der Waals surface area contributed by atoms with E-state index < -0.39 is 23.6 Å². The van der Waals surface area contributed by atoms with Gasteiger partial charge in [-0.25, -0.2) is 0 Å². The lowest BCUT2D eigenvalue weighted by molar-refractivity contribution is -0.157. The summed E-state index contributed by atoms with van der Waals surface area (Å²) >= 11 is 0. The Kier molecular flexibility index (Phi) is 5.28. The molecule has 0 aliphatic heterocycles. The molecule has 5 nitrogen and oxygen atoms in total. The molecule has 0 aromatic rings. The van der Waals surface area contributed by atoms with Crippen LogP contribution in [-0.2, 0) is 14.3 Å². The predicted octanol–water partition coefficient (Wildman–Crippen LogP) is 0.781. The molecule has 0 bridgehead atoms. The first kappa shape index (κ1) is 13.9. The van der Waals surface area contributed by atoms with Crippen LogP contribution in [0.4, 0.5) is 0 Å². The first-order chi connectivity index (χ1) is 6.76. The molecule has 2 N–H and O–H groups in total. The number of nitrogens with one attached hydrogen (secondary N) is 1. The number of esters is 1. The Morgan fingerprint density at radius 2 is 1.93 bits per heavy atom. The van der Waals surface area contributed by atoms with Gasteiger partial charge in [-0.05, 0) is 27.2 Å². The highest BCUT2D eigenvalue weighted by atomic mass is 16.6. The van der Waals surface area contributed by atoms with Gasteiger partial charge in [0.2, 0.25) is 0 Å². The van der Waals surface area contributed by atoms with Gasteiger partial charge >= 0.3 is 11.9 Å². The number of carbonyl (C=O) groups is 2. The van der Waals surface area contributed by atoms with E-state index in [0.29, 0.717) is 6.42 Å². The molecule has 0 radical (unpaired) electrons. The SMILES string of the molecule is CC[C@H](NCC(=O)O)C(=O)OC(C)(C)C. The van der Waals surface area contributed by atoms with Crippen molar-refractivity contribution in [3.63, 3.8) is 0 Å². The lowest BCUT2D eigenvalue weighted by atomic mass is 10.1. The smallest absolute Gasteiger partial charge is 0.323 e. The lowest BCUT2D eigenvalue weighted by Crippen LogP contribution is -2.42. The second-order valence-electron chi connectivity index (χ2n) is 4.27. The van der Waals surface area contributed by atoms with Crippen LogP contribution in [0.3, 0.4) is 0 Å². The second-order valence-corrected chi connectivity index (χ2v) is 4.27. The molecule has 0 saturated heterocycles. The molecular formula is C10H19NO4. The van der Waals surface area contributed by atoms with Crippen molar-refractivity contribution in [1.82, 2.24) is 5.32 Å². The number of ether oxygens (including phenoxy) is 1. The molecule has 0 aliphatic rings. The Hall–Kier alpha value is -1.10. The van der Waals surface area contributed by atoms with Gasteiger partial charge in [-0.1, -0.05) is 6.92 Å². The summed E-state index contributed by atoms with van der Waals surface area (Å²) in [4.78, 5) is 21.8. The fraction of sp³-hybridized carbons (Fsp3) is 0.800. The Morgan fingerprint density at radius 3 is 2.27 bits per heavy atom. The number of aliphatic carboxylic acids is 1. The van der Waals surface area contributed by atoms with E-state index in [1.165, 1.54) is 0 Å². The van der Waals surface area contributed by atoms with Crippen LogP contribution >= 0.6 is 0 Å². The van der Waals surface area contributed by atoms with Crippen LogP contribution in [0.5, 0.6) is 0 Å². The number of hydrogen-bond donors (Lipinski definition) is 2. The van der Waals surface area contributed by atoms with Crippen molar-refractivity contribution in [3.8, 4) is 0 Å². The molecule has 0 rings (SSSR count). The van der Waals surface area contributed by atoms with Crippen molar-refractivity contribution >= 4 is 11.9 Å². The lowest BCUT2D eigenvalue weighted by Gasteiger charge is -2.23. The molecule has 0 saturated carbocycles. The van der Waals surface area contributed by atoms with Gasteiger partial charge in [0.15, 0.2) is 0 Å². The summed E-state index contributed by atoms with van der Waals surface area (Å²) in [5, 5.41) is 11.1. The maximum Gasteiger partial charge on any atom is 0.323 e. The molecule has 0 aromatic heterocycles. The minimum absolute atomic E-state index is 0.238. The number of carboxylic acid groups (broad SMARTS) is 1. The number of rotatable bonds is 5. The van der Waals surface area contributed by atoms with Crippen LogP contribution in [0, 0.1) is 0 Å². The highest BCUT2D eigenvalue weighted by molar-refractivity contribution is 5.77. The minimum Gasteiger partial charge on any atom is -0.480 e. The number of hydrogen-bond acceptors (Lipinski definition) is 4. The fourth-order valence-corrected chi connectivity index (χ4v) is 0.978. The monoisotopic (exact) mass is 217 g/mol. The quantitative estimate of drug-likeness (QED) is 0.665. The zero-order chi connectivity index (χ0) is 12.1. The highest BCUT2D eigenvalue weighted by Gasteiger charge is 2.23. The summed E-state index contributed by atoms with van der Waals surface area (Å²) in [5.74, 6) is -1.40. The van der Waals surface area contributed by atoms with Crippen molar-refractivity contribution < 1.29 is 19.4 Å². The molecule has 5 heteroatoms. The largest absolute Gasteiger partial charge is 0.480 e. The van der Waals surface area contributed by atoms with Crippen molar-refractivity contribution in [2.24, 2.45) is 0 Å². The Morgan fingerprint density at radius 1 is 1.40 bits per heavy atom. The molecule has 0 aromatic carbocycles. The fourth-order valence-electron chi connectivity index (χ4n) is 0.978. The molecule has 88 valence electrons. The third-order valence-corrected chi connectivity index (χ3v) is 1.60. The van der Waals surface area contributed by atoms with Crippen molar-refractivity contribution in [2.45, 2.75) is 45.8 Å². The van der Waals surface area contributed by atoms with E-state index in [-0.39, 0.29) is 6.54 Å². The molecule has 0 amide bonds. The standard InChI is InChI=1S/C10H19NO4/c1-5-7(11-6-8(12)13)9(14)15-10(2,3)4/h7,11H,5-6H2,1-4H3,(H,12,13)/t7-/m0/s1. The Balaban J connectivity index is 4.16. The molecule has 15 heavy (non-hydrogen) atoms. The third kappa shape index (κ3) is 6.90. The molecule has 0 spiro atoms. The third-order valence-electron chi connectivity index (χ3n) is 1.60. The van der Waals surface area contributed by atoms with Crippen LogP contribution in [0.25, 0.3) is 0 Å². The summed E-state index contributed by atoms with van der Waals surface area (Å²) in [6, 6.07) is -0.555. The molecule has 0 heterocycles. The van der Waals surface area contributed by atoms with E-state index in [0.717, 1.165) is 0 Å². The van der Waals surface area contributed by atoms with Crippen molar-refractivity contribution in [1.29, 1.82) is 0 Å². The van der Waals surface area contributed by atoms with Gasteiger partial charge in [-0.15, -0.1) is 0 Å². The van der Waals surface area contributed by atoms with E-state index in [1.807, 2.05) is 0 Å². The predicted molar refractivity (Wildman–Crippen MR) is 55.6 cm³/mol. The average molecular weight is 217 g/mol. The average Bonchev–Trinajstić information content (AvgIpc) is 2.01. The zero-order valence-corrected chi connectivity index (χ0v) is 9.66. The van der Waals surface area contributed by atoms with Crippen LogP contribution in [0.1, 0.15) is 34.1 Å². The van der Waals surface area contributed by atoms with Crippen molar-refractivity contribution in [3.05, 3.63) is 0 Å². The second kappa shape index (κ2) is 5.70. The van der Waals surface area contributed by atoms with Crippen LogP contribution in [0.2, 0.25) is 0 Å². The zero-order valence-electron chi connectivity index (χ0n) is 9.66. The Bertz CT molecular complexity index is 232.